The third kappa shape index (κ3) is 3.07. The molecule has 4 N–H and O–H groups in total. The third-order valence-corrected chi connectivity index (χ3v) is 3.04. The van der Waals surface area contributed by atoms with Crippen molar-refractivity contribution in [2.45, 2.75) is 31.8 Å². The molecule has 0 aliphatic heterocycles. The summed E-state index contributed by atoms with van der Waals surface area (Å²) in [6, 6.07) is 7.54. The summed E-state index contributed by atoms with van der Waals surface area (Å²) in [7, 11) is 0. The number of nitrogen functional groups attached to an aromatic ring is 1. The number of hydrogen-bond donors (Lipinski definition) is 3. The molecule has 1 aromatic carbocycles. The maximum Gasteiger partial charge on any atom is 0.122 e. The van der Waals surface area contributed by atoms with E-state index in [0.717, 1.165) is 23.5 Å². The molecule has 0 aromatic heterocycles. The van der Waals surface area contributed by atoms with Crippen LogP contribution in [0.5, 0.6) is 0 Å². The van der Waals surface area contributed by atoms with Crippen LogP contribution in [-0.2, 0) is 6.42 Å². The van der Waals surface area contributed by atoms with Gasteiger partial charge in [0.05, 0.1) is 6.10 Å². The first kappa shape index (κ1) is 11.1. The largest absolute Gasteiger partial charge is 0.393 e. The number of benzene rings is 1. The fourth-order valence-corrected chi connectivity index (χ4v) is 1.91. The van der Waals surface area contributed by atoms with Crippen molar-refractivity contribution >= 4 is 5.84 Å². The van der Waals surface area contributed by atoms with Gasteiger partial charge in [0, 0.05) is 5.56 Å². The molecule has 0 saturated heterocycles. The number of nitrogens with two attached hydrogens (primary N) is 1. The smallest absolute Gasteiger partial charge is 0.122 e. The van der Waals surface area contributed by atoms with Crippen LogP contribution in [0.3, 0.4) is 0 Å². The SMILES string of the molecule is N=C(N)c1ccc(CC(O)CC2CC2)cc1. The number of amidine groups is 1. The number of aliphatic hydroxyl groups is 1. The molecule has 1 aromatic rings. The fourth-order valence-electron chi connectivity index (χ4n) is 1.91. The highest BCUT2D eigenvalue weighted by Gasteiger charge is 2.24. The minimum Gasteiger partial charge on any atom is -0.393 e. The maximum absolute atomic E-state index is 9.82. The predicted octanol–water partition coefficient (Wildman–Crippen LogP) is 1.67. The minimum absolute atomic E-state index is 0.0880. The Kier molecular flexibility index (Phi) is 3.25. The lowest BCUT2D eigenvalue weighted by atomic mass is 10.0. The van der Waals surface area contributed by atoms with Gasteiger partial charge in [-0.2, -0.15) is 0 Å². The zero-order valence-electron chi connectivity index (χ0n) is 9.32. The standard InChI is InChI=1S/C13H18N2O/c14-13(15)11-5-3-10(4-6-11)8-12(16)7-9-1-2-9/h3-6,9,12,16H,1-2,7-8H2,(H3,14,15). The van der Waals surface area contributed by atoms with Gasteiger partial charge in [-0.05, 0) is 24.3 Å². The van der Waals surface area contributed by atoms with Crippen molar-refractivity contribution in [3.05, 3.63) is 35.4 Å². The molecule has 3 nitrogen and oxygen atoms in total. The summed E-state index contributed by atoms with van der Waals surface area (Å²) in [6.07, 6.45) is 3.96. The molecule has 16 heavy (non-hydrogen) atoms. The summed E-state index contributed by atoms with van der Waals surface area (Å²) >= 11 is 0. The zero-order valence-corrected chi connectivity index (χ0v) is 9.32. The zero-order chi connectivity index (χ0) is 11.5. The van der Waals surface area contributed by atoms with Crippen molar-refractivity contribution in [1.29, 1.82) is 5.41 Å². The highest BCUT2D eigenvalue weighted by molar-refractivity contribution is 5.94. The topological polar surface area (TPSA) is 70.1 Å². The van der Waals surface area contributed by atoms with Crippen LogP contribution in [0.25, 0.3) is 0 Å². The quantitative estimate of drug-likeness (QED) is 0.519. The van der Waals surface area contributed by atoms with Crippen LogP contribution in [0.4, 0.5) is 0 Å². The number of aliphatic hydroxyl groups excluding tert-OH is 1. The van der Waals surface area contributed by atoms with Gasteiger partial charge in [-0.1, -0.05) is 37.1 Å². The number of rotatable bonds is 5. The van der Waals surface area contributed by atoms with Crippen molar-refractivity contribution in [1.82, 2.24) is 0 Å². The Morgan fingerprint density at radius 2 is 2.00 bits per heavy atom. The van der Waals surface area contributed by atoms with Crippen molar-refractivity contribution in [2.24, 2.45) is 11.7 Å². The van der Waals surface area contributed by atoms with Crippen LogP contribution in [-0.4, -0.2) is 17.0 Å². The van der Waals surface area contributed by atoms with Gasteiger partial charge in [0.25, 0.3) is 0 Å². The van der Waals surface area contributed by atoms with Crippen LogP contribution in [0.15, 0.2) is 24.3 Å². The lowest BCUT2D eigenvalue weighted by molar-refractivity contribution is 0.158. The molecular formula is C13H18N2O. The van der Waals surface area contributed by atoms with E-state index >= 15 is 0 Å². The van der Waals surface area contributed by atoms with E-state index in [0.29, 0.717) is 6.42 Å². The van der Waals surface area contributed by atoms with E-state index in [1.54, 1.807) is 0 Å². The van der Waals surface area contributed by atoms with E-state index in [9.17, 15) is 5.11 Å². The summed E-state index contributed by atoms with van der Waals surface area (Å²) in [4.78, 5) is 0. The van der Waals surface area contributed by atoms with Gasteiger partial charge in [-0.3, -0.25) is 5.41 Å². The molecule has 0 radical (unpaired) electrons. The van der Waals surface area contributed by atoms with Gasteiger partial charge in [0.2, 0.25) is 0 Å². The predicted molar refractivity (Wildman–Crippen MR) is 64.5 cm³/mol. The van der Waals surface area contributed by atoms with Crippen molar-refractivity contribution in [3.8, 4) is 0 Å². The normalized spacial score (nSPS) is 17.1. The van der Waals surface area contributed by atoms with Gasteiger partial charge in [0.15, 0.2) is 0 Å². The van der Waals surface area contributed by atoms with Crippen LogP contribution < -0.4 is 5.73 Å². The Balaban J connectivity index is 1.90. The van der Waals surface area contributed by atoms with Gasteiger partial charge in [-0.15, -0.1) is 0 Å². The Morgan fingerprint density at radius 1 is 1.38 bits per heavy atom. The first-order chi connectivity index (χ1) is 7.65. The van der Waals surface area contributed by atoms with Crippen LogP contribution in [0.1, 0.15) is 30.4 Å². The highest BCUT2D eigenvalue weighted by atomic mass is 16.3. The first-order valence-electron chi connectivity index (χ1n) is 5.76. The van der Waals surface area contributed by atoms with Crippen molar-refractivity contribution in [3.63, 3.8) is 0 Å². The van der Waals surface area contributed by atoms with Gasteiger partial charge in [0.1, 0.15) is 5.84 Å². The first-order valence-corrected chi connectivity index (χ1v) is 5.76. The molecule has 1 aliphatic rings. The van der Waals surface area contributed by atoms with E-state index in [1.165, 1.54) is 12.8 Å². The Labute approximate surface area is 95.8 Å². The molecule has 0 spiro atoms. The molecule has 1 saturated carbocycles. The lowest BCUT2D eigenvalue weighted by Gasteiger charge is -2.10. The second-order valence-corrected chi connectivity index (χ2v) is 4.65. The average Bonchev–Trinajstić information content (AvgIpc) is 3.02. The Hall–Kier alpha value is -1.35. The molecule has 86 valence electrons. The average molecular weight is 218 g/mol. The molecule has 0 bridgehead atoms. The van der Waals surface area contributed by atoms with E-state index < -0.39 is 0 Å². The fraction of sp³-hybridized carbons (Fsp3) is 0.462. The molecule has 0 heterocycles. The van der Waals surface area contributed by atoms with Gasteiger partial charge < -0.3 is 10.8 Å². The molecule has 1 aliphatic carbocycles. The molecule has 0 amide bonds. The highest BCUT2D eigenvalue weighted by Crippen LogP contribution is 2.34. The Morgan fingerprint density at radius 3 is 2.50 bits per heavy atom. The van der Waals surface area contributed by atoms with E-state index in [2.05, 4.69) is 0 Å². The second-order valence-electron chi connectivity index (χ2n) is 4.65. The summed E-state index contributed by atoms with van der Waals surface area (Å²) in [5.41, 5.74) is 7.22. The third-order valence-electron chi connectivity index (χ3n) is 3.04. The second kappa shape index (κ2) is 4.66. The van der Waals surface area contributed by atoms with Crippen LogP contribution in [0, 0.1) is 11.3 Å². The van der Waals surface area contributed by atoms with Gasteiger partial charge >= 0.3 is 0 Å². The van der Waals surface area contributed by atoms with E-state index in [-0.39, 0.29) is 11.9 Å². The van der Waals surface area contributed by atoms with Gasteiger partial charge in [-0.25, -0.2) is 0 Å². The number of hydrogen-bond acceptors (Lipinski definition) is 2. The summed E-state index contributed by atoms with van der Waals surface area (Å²) in [5, 5.41) is 17.1. The molecule has 1 unspecified atom stereocenters. The summed E-state index contributed by atoms with van der Waals surface area (Å²) in [6.45, 7) is 0. The van der Waals surface area contributed by atoms with Crippen molar-refractivity contribution in [2.75, 3.05) is 0 Å². The Bertz CT molecular complexity index is 368. The molecule has 3 heteroatoms. The maximum atomic E-state index is 9.82. The van der Waals surface area contributed by atoms with Crippen LogP contribution in [0.2, 0.25) is 0 Å². The molecule has 1 fully saturated rings. The van der Waals surface area contributed by atoms with Crippen LogP contribution >= 0.6 is 0 Å². The summed E-state index contributed by atoms with van der Waals surface area (Å²) in [5.74, 6) is 0.844. The monoisotopic (exact) mass is 218 g/mol. The lowest BCUT2D eigenvalue weighted by Crippen LogP contribution is -2.13. The number of nitrogens with one attached hydrogen (secondary N) is 1. The van der Waals surface area contributed by atoms with E-state index in [4.69, 9.17) is 11.1 Å². The molecule has 2 rings (SSSR count). The minimum atomic E-state index is -0.226. The van der Waals surface area contributed by atoms with E-state index in [1.807, 2.05) is 24.3 Å². The molecular weight excluding hydrogens is 200 g/mol. The molecule has 1 atom stereocenters. The summed E-state index contributed by atoms with van der Waals surface area (Å²) < 4.78 is 0. The van der Waals surface area contributed by atoms with Crippen molar-refractivity contribution < 1.29 is 5.11 Å².